The van der Waals surface area contributed by atoms with Crippen molar-refractivity contribution in [2.75, 3.05) is 19.8 Å². The van der Waals surface area contributed by atoms with E-state index in [1.54, 1.807) is 12.1 Å². The molecule has 1 N–H and O–H groups in total. The molecule has 0 atom stereocenters. The van der Waals surface area contributed by atoms with Crippen molar-refractivity contribution >= 4 is 23.5 Å². The molecule has 0 radical (unpaired) electrons. The van der Waals surface area contributed by atoms with Crippen molar-refractivity contribution in [3.63, 3.8) is 0 Å². The number of nitrogens with one attached hydrogen (secondary N) is 1. The molecule has 4 saturated carbocycles. The molecule has 4 bridgehead atoms. The van der Waals surface area contributed by atoms with E-state index in [1.807, 2.05) is 12.1 Å². The standard InChI is InChI=1S/C21H26ClNO4/c22-17-3-1-2-4-18(17)26-5-6-27-19(24)13-23-20(25)21-10-14-7-15(11-21)9-16(8-14)12-21/h1-4,14-16H,5-13H2,(H,23,25). The summed E-state index contributed by atoms with van der Waals surface area (Å²) in [5.41, 5.74) is -0.234. The van der Waals surface area contributed by atoms with Crippen molar-refractivity contribution in [1.29, 1.82) is 0 Å². The zero-order valence-corrected chi connectivity index (χ0v) is 16.2. The molecular weight excluding hydrogens is 366 g/mol. The van der Waals surface area contributed by atoms with Crippen molar-refractivity contribution in [1.82, 2.24) is 5.32 Å². The Morgan fingerprint density at radius 1 is 1.04 bits per heavy atom. The van der Waals surface area contributed by atoms with Crippen LogP contribution < -0.4 is 10.1 Å². The van der Waals surface area contributed by atoms with Crippen LogP contribution in [0.15, 0.2) is 24.3 Å². The fraction of sp³-hybridized carbons (Fsp3) is 0.619. The zero-order chi connectivity index (χ0) is 18.9. The first-order chi connectivity index (χ1) is 13.0. The van der Waals surface area contributed by atoms with Crippen LogP contribution in [0.3, 0.4) is 0 Å². The maximum absolute atomic E-state index is 12.8. The van der Waals surface area contributed by atoms with Gasteiger partial charge in [0.15, 0.2) is 0 Å². The predicted octanol–water partition coefficient (Wildman–Crippen LogP) is 3.59. The number of rotatable bonds is 7. The van der Waals surface area contributed by atoms with Gasteiger partial charge in [-0.25, -0.2) is 0 Å². The normalized spacial score (nSPS) is 30.8. The van der Waals surface area contributed by atoms with Crippen LogP contribution in [-0.4, -0.2) is 31.6 Å². The summed E-state index contributed by atoms with van der Waals surface area (Å²) in [5, 5.41) is 3.35. The maximum atomic E-state index is 12.8. The Labute approximate surface area is 164 Å². The van der Waals surface area contributed by atoms with E-state index in [4.69, 9.17) is 21.1 Å². The fourth-order valence-electron chi connectivity index (χ4n) is 5.65. The number of halogens is 1. The van der Waals surface area contributed by atoms with Crippen LogP contribution in [0.4, 0.5) is 0 Å². The van der Waals surface area contributed by atoms with Crippen LogP contribution in [0, 0.1) is 23.2 Å². The number of carbonyl (C=O) groups is 2. The van der Waals surface area contributed by atoms with Gasteiger partial charge in [-0.15, -0.1) is 0 Å². The van der Waals surface area contributed by atoms with Gasteiger partial charge in [-0.05, 0) is 68.4 Å². The average molecular weight is 392 g/mol. The molecule has 0 spiro atoms. The van der Waals surface area contributed by atoms with Crippen molar-refractivity contribution in [2.45, 2.75) is 38.5 Å². The lowest BCUT2D eigenvalue weighted by Gasteiger charge is -2.55. The molecule has 5 rings (SSSR count). The summed E-state index contributed by atoms with van der Waals surface area (Å²) >= 11 is 6.00. The van der Waals surface area contributed by atoms with Crippen molar-refractivity contribution in [3.05, 3.63) is 29.3 Å². The molecule has 4 fully saturated rings. The average Bonchev–Trinajstić information content (AvgIpc) is 2.63. The summed E-state index contributed by atoms with van der Waals surface area (Å²) in [6.07, 6.45) is 6.85. The number of carbonyl (C=O) groups excluding carboxylic acids is 2. The summed E-state index contributed by atoms with van der Waals surface area (Å²) < 4.78 is 10.6. The second kappa shape index (κ2) is 7.70. The first-order valence-corrected chi connectivity index (χ1v) is 10.2. The van der Waals surface area contributed by atoms with E-state index in [0.717, 1.165) is 19.3 Å². The summed E-state index contributed by atoms with van der Waals surface area (Å²) in [7, 11) is 0. The molecule has 0 heterocycles. The molecule has 0 saturated heterocycles. The predicted molar refractivity (Wildman–Crippen MR) is 102 cm³/mol. The number of ether oxygens (including phenoxy) is 2. The van der Waals surface area contributed by atoms with Crippen LogP contribution in [0.2, 0.25) is 5.02 Å². The Bertz CT molecular complexity index is 685. The second-order valence-corrected chi connectivity index (χ2v) is 8.79. The van der Waals surface area contributed by atoms with Gasteiger partial charge in [-0.1, -0.05) is 23.7 Å². The molecule has 0 aliphatic heterocycles. The first kappa shape index (κ1) is 18.6. The molecule has 1 amide bonds. The Morgan fingerprint density at radius 2 is 1.67 bits per heavy atom. The van der Waals surface area contributed by atoms with Gasteiger partial charge in [-0.3, -0.25) is 9.59 Å². The van der Waals surface area contributed by atoms with E-state index in [2.05, 4.69) is 5.32 Å². The van der Waals surface area contributed by atoms with Gasteiger partial charge >= 0.3 is 5.97 Å². The number of esters is 1. The van der Waals surface area contributed by atoms with Gasteiger partial charge in [0.1, 0.15) is 25.5 Å². The highest BCUT2D eigenvalue weighted by Crippen LogP contribution is 2.60. The van der Waals surface area contributed by atoms with Crippen molar-refractivity contribution in [3.8, 4) is 5.75 Å². The van der Waals surface area contributed by atoms with Crippen molar-refractivity contribution in [2.24, 2.45) is 23.2 Å². The van der Waals surface area contributed by atoms with E-state index >= 15 is 0 Å². The lowest BCUT2D eigenvalue weighted by atomic mass is 9.49. The third kappa shape index (κ3) is 4.08. The second-order valence-electron chi connectivity index (χ2n) is 8.38. The SMILES string of the molecule is O=C(CNC(=O)C12CC3CC(CC(C3)C1)C2)OCCOc1ccccc1Cl. The monoisotopic (exact) mass is 391 g/mol. The highest BCUT2D eigenvalue weighted by atomic mass is 35.5. The highest BCUT2D eigenvalue weighted by Gasteiger charge is 2.54. The largest absolute Gasteiger partial charge is 0.488 e. The van der Waals surface area contributed by atoms with E-state index in [9.17, 15) is 9.59 Å². The van der Waals surface area contributed by atoms with E-state index in [0.29, 0.717) is 28.5 Å². The highest BCUT2D eigenvalue weighted by molar-refractivity contribution is 6.32. The lowest BCUT2D eigenvalue weighted by molar-refractivity contribution is -0.151. The number of benzene rings is 1. The summed E-state index contributed by atoms with van der Waals surface area (Å²) in [4.78, 5) is 24.7. The van der Waals surface area contributed by atoms with Gasteiger partial charge in [0, 0.05) is 5.41 Å². The Morgan fingerprint density at radius 3 is 2.30 bits per heavy atom. The quantitative estimate of drug-likeness (QED) is 0.569. The third-order valence-electron chi connectivity index (χ3n) is 6.35. The zero-order valence-electron chi connectivity index (χ0n) is 15.4. The fourth-order valence-corrected chi connectivity index (χ4v) is 5.84. The minimum absolute atomic E-state index is 0.0471. The molecule has 0 aromatic heterocycles. The minimum Gasteiger partial charge on any atom is -0.488 e. The molecule has 4 aliphatic rings. The number of amides is 1. The van der Waals surface area contributed by atoms with Gasteiger partial charge in [-0.2, -0.15) is 0 Å². The van der Waals surface area contributed by atoms with Crippen LogP contribution in [0.1, 0.15) is 38.5 Å². The van der Waals surface area contributed by atoms with Crippen LogP contribution in [-0.2, 0) is 14.3 Å². The van der Waals surface area contributed by atoms with E-state index in [1.165, 1.54) is 19.3 Å². The minimum atomic E-state index is -0.434. The molecule has 27 heavy (non-hydrogen) atoms. The Balaban J connectivity index is 1.18. The number of hydrogen-bond donors (Lipinski definition) is 1. The Hall–Kier alpha value is -1.75. The molecule has 146 valence electrons. The lowest BCUT2D eigenvalue weighted by Crippen LogP contribution is -2.54. The van der Waals surface area contributed by atoms with Crippen LogP contribution >= 0.6 is 11.6 Å². The molecular formula is C21H26ClNO4. The van der Waals surface area contributed by atoms with Crippen molar-refractivity contribution < 1.29 is 19.1 Å². The number of hydrogen-bond acceptors (Lipinski definition) is 4. The summed E-state index contributed by atoms with van der Waals surface area (Å²) in [5.74, 6) is 2.29. The summed E-state index contributed by atoms with van der Waals surface area (Å²) in [6.45, 7) is 0.266. The van der Waals surface area contributed by atoms with Gasteiger partial charge < -0.3 is 14.8 Å². The Kier molecular flexibility index (Phi) is 5.31. The topological polar surface area (TPSA) is 64.6 Å². The third-order valence-corrected chi connectivity index (χ3v) is 6.67. The maximum Gasteiger partial charge on any atom is 0.325 e. The summed E-state index contributed by atoms with van der Waals surface area (Å²) in [6, 6.07) is 7.15. The van der Waals surface area contributed by atoms with Crippen LogP contribution in [0.25, 0.3) is 0 Å². The molecule has 0 unspecified atom stereocenters. The van der Waals surface area contributed by atoms with Gasteiger partial charge in [0.2, 0.25) is 5.91 Å². The molecule has 1 aromatic carbocycles. The number of para-hydroxylation sites is 1. The molecule has 1 aromatic rings. The van der Waals surface area contributed by atoms with Gasteiger partial charge in [0.25, 0.3) is 0 Å². The molecule has 6 heteroatoms. The first-order valence-electron chi connectivity index (χ1n) is 9.85. The molecule has 4 aliphatic carbocycles. The van der Waals surface area contributed by atoms with E-state index in [-0.39, 0.29) is 31.1 Å². The van der Waals surface area contributed by atoms with Crippen LogP contribution in [0.5, 0.6) is 5.75 Å². The molecule has 5 nitrogen and oxygen atoms in total. The van der Waals surface area contributed by atoms with Gasteiger partial charge in [0.05, 0.1) is 5.02 Å². The smallest absolute Gasteiger partial charge is 0.325 e. The van der Waals surface area contributed by atoms with E-state index < -0.39 is 5.97 Å².